The highest BCUT2D eigenvalue weighted by molar-refractivity contribution is 5.82. The van der Waals surface area contributed by atoms with Crippen molar-refractivity contribution in [2.45, 2.75) is 33.6 Å². The van der Waals surface area contributed by atoms with Gasteiger partial charge < -0.3 is 9.47 Å². The Balaban J connectivity index is 3.82. The van der Waals surface area contributed by atoms with E-state index in [0.717, 1.165) is 0 Å². The van der Waals surface area contributed by atoms with Gasteiger partial charge in [0.05, 0.1) is 17.7 Å². The molecule has 8 nitrogen and oxygen atoms in total. The smallest absolute Gasteiger partial charge is 0.332 e. The molecule has 0 fully saturated rings. The van der Waals surface area contributed by atoms with Crippen molar-refractivity contribution in [1.29, 1.82) is 0 Å². The molecular weight excluding hydrogens is 280 g/mol. The normalized spacial score (nSPS) is 12.1. The van der Waals surface area contributed by atoms with Gasteiger partial charge >= 0.3 is 5.97 Å². The number of carbonyl (C=O) groups is 2. The molecular formula is C13H20N2O6. The zero-order valence-corrected chi connectivity index (χ0v) is 12.5. The molecule has 0 spiro atoms. The van der Waals surface area contributed by atoms with Crippen molar-refractivity contribution in [2.75, 3.05) is 19.8 Å². The number of ether oxygens (including phenoxy) is 2. The number of carbonyl (C=O) groups excluding carboxylic acids is 2. The number of esters is 1. The van der Waals surface area contributed by atoms with Crippen molar-refractivity contribution < 1.29 is 24.0 Å². The van der Waals surface area contributed by atoms with E-state index in [2.05, 4.69) is 4.99 Å². The Hall–Kier alpha value is -2.09. The van der Waals surface area contributed by atoms with Crippen molar-refractivity contribution in [2.24, 2.45) is 4.99 Å². The molecule has 0 bridgehead atoms. The SMILES string of the molecule is CC(=O)COCC(=O)OCCC/C(C)=N\C=C(/C)[N+](=O)[O-]. The average Bonchev–Trinajstić information content (AvgIpc) is 2.40. The number of allylic oxidation sites excluding steroid dienone is 1. The summed E-state index contributed by atoms with van der Waals surface area (Å²) in [7, 11) is 0. The Morgan fingerprint density at radius 3 is 2.48 bits per heavy atom. The summed E-state index contributed by atoms with van der Waals surface area (Å²) in [6.07, 6.45) is 2.30. The Morgan fingerprint density at radius 1 is 1.24 bits per heavy atom. The molecule has 0 saturated carbocycles. The molecule has 0 aromatic carbocycles. The summed E-state index contributed by atoms with van der Waals surface area (Å²) in [4.78, 5) is 35.5. The van der Waals surface area contributed by atoms with Crippen LogP contribution in [0.5, 0.6) is 0 Å². The summed E-state index contributed by atoms with van der Waals surface area (Å²) in [5.41, 5.74) is 0.670. The fourth-order valence-electron chi connectivity index (χ4n) is 1.15. The number of aliphatic imine (C=N–C) groups is 1. The van der Waals surface area contributed by atoms with Crippen LogP contribution in [0.3, 0.4) is 0 Å². The van der Waals surface area contributed by atoms with Crippen LogP contribution in [0.2, 0.25) is 0 Å². The molecule has 0 unspecified atom stereocenters. The summed E-state index contributed by atoms with van der Waals surface area (Å²) in [6.45, 7) is 4.30. The van der Waals surface area contributed by atoms with Crippen LogP contribution in [0.15, 0.2) is 16.9 Å². The van der Waals surface area contributed by atoms with Crippen molar-refractivity contribution in [3.63, 3.8) is 0 Å². The number of Topliss-reactive ketones (excluding diaryl/α,β-unsaturated/α-hetero) is 1. The molecule has 8 heteroatoms. The van der Waals surface area contributed by atoms with Crippen LogP contribution in [0.1, 0.15) is 33.6 Å². The zero-order chi connectivity index (χ0) is 16.3. The molecule has 0 aromatic heterocycles. The molecule has 0 saturated heterocycles. The minimum Gasteiger partial charge on any atom is -0.464 e. The van der Waals surface area contributed by atoms with Crippen molar-refractivity contribution >= 4 is 17.5 Å². The minimum atomic E-state index is -0.532. The summed E-state index contributed by atoms with van der Waals surface area (Å²) in [5.74, 6) is -0.692. The van der Waals surface area contributed by atoms with Gasteiger partial charge in [-0.2, -0.15) is 0 Å². The maximum Gasteiger partial charge on any atom is 0.332 e. The van der Waals surface area contributed by atoms with Crippen LogP contribution in [0, 0.1) is 10.1 Å². The monoisotopic (exact) mass is 300 g/mol. The van der Waals surface area contributed by atoms with Gasteiger partial charge in [-0.25, -0.2) is 4.79 Å². The summed E-state index contributed by atoms with van der Waals surface area (Å²) < 4.78 is 9.69. The predicted octanol–water partition coefficient (Wildman–Crippen LogP) is 1.51. The van der Waals surface area contributed by atoms with E-state index in [1.165, 1.54) is 20.0 Å². The lowest BCUT2D eigenvalue weighted by Crippen LogP contribution is -2.16. The van der Waals surface area contributed by atoms with Crippen LogP contribution >= 0.6 is 0 Å². The van der Waals surface area contributed by atoms with E-state index in [1.807, 2.05) is 0 Å². The molecule has 0 amide bonds. The van der Waals surface area contributed by atoms with Crippen molar-refractivity contribution in [3.05, 3.63) is 22.0 Å². The molecule has 0 aliphatic heterocycles. The minimum absolute atomic E-state index is 0.0385. The lowest BCUT2D eigenvalue weighted by atomic mass is 10.2. The topological polar surface area (TPSA) is 108 Å². The van der Waals surface area contributed by atoms with Crippen LogP contribution in [-0.4, -0.2) is 42.2 Å². The second kappa shape index (κ2) is 10.7. The molecule has 0 N–H and O–H groups in total. The highest BCUT2D eigenvalue weighted by Crippen LogP contribution is 1.98. The van der Waals surface area contributed by atoms with E-state index in [9.17, 15) is 19.7 Å². The Morgan fingerprint density at radius 2 is 1.90 bits per heavy atom. The van der Waals surface area contributed by atoms with Gasteiger partial charge in [0.2, 0.25) is 0 Å². The Bertz CT molecular complexity index is 442. The van der Waals surface area contributed by atoms with Crippen LogP contribution in [0.4, 0.5) is 0 Å². The first kappa shape index (κ1) is 18.9. The van der Waals surface area contributed by atoms with Gasteiger partial charge in [0.1, 0.15) is 13.2 Å². The predicted molar refractivity (Wildman–Crippen MR) is 75.6 cm³/mol. The average molecular weight is 300 g/mol. The van der Waals surface area contributed by atoms with Gasteiger partial charge in [-0.05, 0) is 26.7 Å². The van der Waals surface area contributed by atoms with E-state index >= 15 is 0 Å². The van der Waals surface area contributed by atoms with Gasteiger partial charge in [-0.15, -0.1) is 0 Å². The first-order valence-corrected chi connectivity index (χ1v) is 6.40. The second-order valence-electron chi connectivity index (χ2n) is 4.41. The third-order valence-corrected chi connectivity index (χ3v) is 2.23. The molecule has 0 aromatic rings. The quantitative estimate of drug-likeness (QED) is 0.199. The van der Waals surface area contributed by atoms with E-state index in [4.69, 9.17) is 9.47 Å². The first-order chi connectivity index (χ1) is 9.82. The molecule has 0 heterocycles. The number of hydrogen-bond donors (Lipinski definition) is 0. The molecule has 0 radical (unpaired) electrons. The molecule has 21 heavy (non-hydrogen) atoms. The van der Waals surface area contributed by atoms with E-state index in [-0.39, 0.29) is 31.3 Å². The van der Waals surface area contributed by atoms with E-state index < -0.39 is 10.9 Å². The number of nitrogens with zero attached hydrogens (tertiary/aromatic N) is 2. The van der Waals surface area contributed by atoms with Gasteiger partial charge in [0, 0.05) is 12.6 Å². The van der Waals surface area contributed by atoms with E-state index in [1.54, 1.807) is 6.92 Å². The number of nitro groups is 1. The summed E-state index contributed by atoms with van der Waals surface area (Å²) >= 11 is 0. The van der Waals surface area contributed by atoms with Crippen LogP contribution in [0.25, 0.3) is 0 Å². The second-order valence-corrected chi connectivity index (χ2v) is 4.41. The Labute approximate surface area is 123 Å². The maximum atomic E-state index is 11.2. The standard InChI is InChI=1S/C13H20N2O6/c1-10(14-7-11(2)15(18)19)5-4-6-21-13(17)9-20-8-12(3)16/h7H,4-6,8-9H2,1-3H3/b11-7+,14-10-. The third kappa shape index (κ3) is 11.4. The highest BCUT2D eigenvalue weighted by atomic mass is 16.6. The van der Waals surface area contributed by atoms with Gasteiger partial charge in [0.25, 0.3) is 5.70 Å². The third-order valence-electron chi connectivity index (χ3n) is 2.23. The first-order valence-electron chi connectivity index (χ1n) is 6.40. The zero-order valence-electron chi connectivity index (χ0n) is 12.5. The fourth-order valence-corrected chi connectivity index (χ4v) is 1.15. The van der Waals surface area contributed by atoms with Crippen molar-refractivity contribution in [3.8, 4) is 0 Å². The fraction of sp³-hybridized carbons (Fsp3) is 0.615. The number of ketones is 1. The molecule has 0 rings (SSSR count). The van der Waals surface area contributed by atoms with Gasteiger partial charge in [-0.3, -0.25) is 19.9 Å². The van der Waals surface area contributed by atoms with Crippen molar-refractivity contribution in [1.82, 2.24) is 0 Å². The van der Waals surface area contributed by atoms with Crippen LogP contribution in [-0.2, 0) is 19.1 Å². The van der Waals surface area contributed by atoms with Gasteiger partial charge in [0.15, 0.2) is 5.78 Å². The van der Waals surface area contributed by atoms with Crippen LogP contribution < -0.4 is 0 Å². The summed E-state index contributed by atoms with van der Waals surface area (Å²) in [5, 5.41) is 10.4. The highest BCUT2D eigenvalue weighted by Gasteiger charge is 2.04. The largest absolute Gasteiger partial charge is 0.464 e. The lowest BCUT2D eigenvalue weighted by molar-refractivity contribution is -0.424. The molecule has 118 valence electrons. The Kier molecular flexibility index (Phi) is 9.61. The van der Waals surface area contributed by atoms with E-state index in [0.29, 0.717) is 18.6 Å². The molecule has 0 atom stereocenters. The van der Waals surface area contributed by atoms with Gasteiger partial charge in [-0.1, -0.05) is 0 Å². The lowest BCUT2D eigenvalue weighted by Gasteiger charge is -2.04. The number of rotatable bonds is 10. The molecule has 0 aliphatic carbocycles. The molecule has 0 aliphatic rings. The summed E-state index contributed by atoms with van der Waals surface area (Å²) in [6, 6.07) is 0. The number of hydrogen-bond acceptors (Lipinski definition) is 7. The maximum absolute atomic E-state index is 11.2.